The number of hydrogen-bond donors (Lipinski definition) is 0. The van der Waals surface area contributed by atoms with Crippen molar-refractivity contribution in [1.82, 2.24) is 24.1 Å². The molecule has 3 aromatic heterocycles. The van der Waals surface area contributed by atoms with Gasteiger partial charge in [-0.15, -0.1) is 0 Å². The molecule has 0 aliphatic rings. The van der Waals surface area contributed by atoms with Crippen molar-refractivity contribution in [2.45, 2.75) is 26.3 Å². The van der Waals surface area contributed by atoms with Gasteiger partial charge >= 0.3 is 0 Å². The van der Waals surface area contributed by atoms with E-state index in [4.69, 9.17) is 24.4 Å². The van der Waals surface area contributed by atoms with Gasteiger partial charge in [-0.25, -0.2) is 15.0 Å². The molecule has 0 aliphatic heterocycles. The molecule has 0 fully saturated rings. The molecule has 5 aromatic rings. The smallest absolute Gasteiger partial charge is 0.265 e. The summed E-state index contributed by atoms with van der Waals surface area (Å²) < 4.78 is 14.4. The van der Waals surface area contributed by atoms with Gasteiger partial charge in [0, 0.05) is 24.2 Å². The lowest BCUT2D eigenvalue weighted by Gasteiger charge is -2.13. The number of aromatic nitrogens is 5. The predicted octanol–water partition coefficient (Wildman–Crippen LogP) is 4.27. The van der Waals surface area contributed by atoms with Crippen LogP contribution in [0.5, 0.6) is 11.5 Å². The third-order valence-corrected chi connectivity index (χ3v) is 5.85. The van der Waals surface area contributed by atoms with Gasteiger partial charge in [0.05, 0.1) is 30.9 Å². The third kappa shape index (κ3) is 2.98. The Kier molecular flexibility index (Phi) is 4.77. The first-order chi connectivity index (χ1) is 15.5. The normalized spacial score (nSPS) is 12.5. The summed E-state index contributed by atoms with van der Waals surface area (Å²) in [5.74, 6) is 1.24. The van der Waals surface area contributed by atoms with Crippen molar-refractivity contribution in [2.75, 3.05) is 14.2 Å². The van der Waals surface area contributed by atoms with E-state index >= 15 is 0 Å². The van der Waals surface area contributed by atoms with Gasteiger partial charge in [-0.05, 0) is 25.5 Å². The molecule has 1 atom stereocenters. The number of nitrogens with zero attached hydrogens (tertiary/aromatic N) is 5. The summed E-state index contributed by atoms with van der Waals surface area (Å²) in [6.07, 6.45) is 2.42. The van der Waals surface area contributed by atoms with Gasteiger partial charge in [0.15, 0.2) is 11.3 Å². The first kappa shape index (κ1) is 20.0. The van der Waals surface area contributed by atoms with E-state index in [-0.39, 0.29) is 11.6 Å². The van der Waals surface area contributed by atoms with Crippen molar-refractivity contribution in [1.29, 1.82) is 0 Å². The SMILES string of the molecule is CC[C@H](C)n1cnc2c(c1=O)c1nc3ccccc3nc1n2-c1cc(OC)cc(OC)c1. The molecule has 0 saturated heterocycles. The molecular weight excluding hydrogens is 406 g/mol. The van der Waals surface area contributed by atoms with Crippen molar-refractivity contribution >= 4 is 33.2 Å². The van der Waals surface area contributed by atoms with Crippen LogP contribution in [0, 0.1) is 0 Å². The standard InChI is InChI=1S/C24H23N5O3/c1-5-14(2)28-13-25-22-20(24(28)30)21-23(27-19-9-7-6-8-18(19)26-21)29(22)15-10-16(31-3)12-17(11-15)32-4/h6-14H,5H2,1-4H3/t14-/m0/s1. The van der Waals surface area contributed by atoms with Crippen molar-refractivity contribution in [3.8, 4) is 17.2 Å². The van der Waals surface area contributed by atoms with Crippen molar-refractivity contribution in [2.24, 2.45) is 0 Å². The predicted molar refractivity (Wildman–Crippen MR) is 124 cm³/mol. The molecule has 3 heterocycles. The second-order valence-corrected chi connectivity index (χ2v) is 7.70. The second-order valence-electron chi connectivity index (χ2n) is 7.70. The number of fused-ring (bicyclic) bond motifs is 4. The van der Waals surface area contributed by atoms with Crippen molar-refractivity contribution in [3.05, 3.63) is 59.1 Å². The Morgan fingerprint density at radius 1 is 0.969 bits per heavy atom. The van der Waals surface area contributed by atoms with E-state index in [0.717, 1.165) is 23.1 Å². The molecule has 0 spiro atoms. The van der Waals surface area contributed by atoms with E-state index in [2.05, 4.69) is 0 Å². The fourth-order valence-corrected chi connectivity index (χ4v) is 3.93. The van der Waals surface area contributed by atoms with Crippen molar-refractivity contribution < 1.29 is 9.47 Å². The van der Waals surface area contributed by atoms with Crippen LogP contribution in [0.4, 0.5) is 0 Å². The monoisotopic (exact) mass is 429 g/mol. The summed E-state index contributed by atoms with van der Waals surface area (Å²) in [6.45, 7) is 4.04. The molecule has 0 amide bonds. The minimum absolute atomic E-state index is 0.0168. The van der Waals surface area contributed by atoms with E-state index in [0.29, 0.717) is 33.7 Å². The van der Waals surface area contributed by atoms with Crippen LogP contribution in [-0.4, -0.2) is 38.3 Å². The highest BCUT2D eigenvalue weighted by molar-refractivity contribution is 6.05. The fourth-order valence-electron chi connectivity index (χ4n) is 3.93. The van der Waals surface area contributed by atoms with Crippen LogP contribution in [0.3, 0.4) is 0 Å². The molecule has 0 unspecified atom stereocenters. The van der Waals surface area contributed by atoms with E-state index in [1.807, 2.05) is 54.8 Å². The Bertz CT molecular complexity index is 1510. The van der Waals surface area contributed by atoms with Crippen LogP contribution in [0.25, 0.3) is 38.9 Å². The van der Waals surface area contributed by atoms with Gasteiger partial charge in [0.1, 0.15) is 28.7 Å². The van der Waals surface area contributed by atoms with Gasteiger partial charge < -0.3 is 9.47 Å². The Balaban J connectivity index is 1.97. The van der Waals surface area contributed by atoms with Gasteiger partial charge in [-0.2, -0.15) is 0 Å². The van der Waals surface area contributed by atoms with Gasteiger partial charge in [0.2, 0.25) is 0 Å². The van der Waals surface area contributed by atoms with Crippen LogP contribution in [0.1, 0.15) is 26.3 Å². The zero-order valence-electron chi connectivity index (χ0n) is 18.4. The Hall–Kier alpha value is -3.94. The molecule has 0 aliphatic carbocycles. The third-order valence-electron chi connectivity index (χ3n) is 5.85. The molecule has 0 radical (unpaired) electrons. The van der Waals surface area contributed by atoms with Gasteiger partial charge in [-0.3, -0.25) is 13.9 Å². The Labute approximate surface area is 184 Å². The minimum Gasteiger partial charge on any atom is -0.497 e. The lowest BCUT2D eigenvalue weighted by Crippen LogP contribution is -2.23. The molecule has 32 heavy (non-hydrogen) atoms. The lowest BCUT2D eigenvalue weighted by atomic mass is 10.2. The average molecular weight is 429 g/mol. The first-order valence-corrected chi connectivity index (χ1v) is 10.5. The lowest BCUT2D eigenvalue weighted by molar-refractivity contribution is 0.394. The quantitative estimate of drug-likeness (QED) is 0.415. The zero-order chi connectivity index (χ0) is 22.4. The summed E-state index contributed by atoms with van der Waals surface area (Å²) >= 11 is 0. The molecule has 162 valence electrons. The maximum atomic E-state index is 13.6. The first-order valence-electron chi connectivity index (χ1n) is 10.5. The largest absolute Gasteiger partial charge is 0.497 e. The number of rotatable bonds is 5. The van der Waals surface area contributed by atoms with Crippen molar-refractivity contribution in [3.63, 3.8) is 0 Å². The number of hydrogen-bond acceptors (Lipinski definition) is 6. The number of para-hydroxylation sites is 2. The van der Waals surface area contributed by atoms with Crippen LogP contribution in [-0.2, 0) is 0 Å². The van der Waals surface area contributed by atoms with E-state index < -0.39 is 0 Å². The molecule has 8 heteroatoms. The molecule has 0 N–H and O–H groups in total. The zero-order valence-corrected chi connectivity index (χ0v) is 18.4. The molecule has 0 saturated carbocycles. The Morgan fingerprint density at radius 2 is 1.62 bits per heavy atom. The topological polar surface area (TPSA) is 84.1 Å². The van der Waals surface area contributed by atoms with E-state index in [1.54, 1.807) is 31.2 Å². The van der Waals surface area contributed by atoms with Crippen LogP contribution >= 0.6 is 0 Å². The maximum Gasteiger partial charge on any atom is 0.265 e. The average Bonchev–Trinajstić information content (AvgIpc) is 3.15. The molecule has 2 aromatic carbocycles. The summed E-state index contributed by atoms with van der Waals surface area (Å²) in [7, 11) is 3.20. The Morgan fingerprint density at radius 3 is 2.25 bits per heavy atom. The highest BCUT2D eigenvalue weighted by Crippen LogP contribution is 2.32. The minimum atomic E-state index is -0.132. The molecule has 0 bridgehead atoms. The van der Waals surface area contributed by atoms with Crippen LogP contribution in [0.15, 0.2) is 53.6 Å². The van der Waals surface area contributed by atoms with Gasteiger partial charge in [-0.1, -0.05) is 19.1 Å². The van der Waals surface area contributed by atoms with Crippen LogP contribution < -0.4 is 15.0 Å². The molecule has 5 rings (SSSR count). The fraction of sp³-hybridized carbons (Fsp3) is 0.250. The summed E-state index contributed by atoms with van der Waals surface area (Å²) in [4.78, 5) is 27.9. The summed E-state index contributed by atoms with van der Waals surface area (Å²) in [5.41, 5.74) is 3.62. The number of methoxy groups -OCH3 is 2. The highest BCUT2D eigenvalue weighted by Gasteiger charge is 2.22. The summed E-state index contributed by atoms with van der Waals surface area (Å²) in [6, 6.07) is 13.2. The molecule has 8 nitrogen and oxygen atoms in total. The van der Waals surface area contributed by atoms with E-state index in [9.17, 15) is 4.79 Å². The molecular formula is C24H23N5O3. The highest BCUT2D eigenvalue weighted by atomic mass is 16.5. The van der Waals surface area contributed by atoms with Gasteiger partial charge in [0.25, 0.3) is 5.56 Å². The van der Waals surface area contributed by atoms with Crippen LogP contribution in [0.2, 0.25) is 0 Å². The maximum absolute atomic E-state index is 13.6. The summed E-state index contributed by atoms with van der Waals surface area (Å²) in [5, 5.41) is 0.447. The number of benzene rings is 2. The number of ether oxygens (including phenoxy) is 2. The second kappa shape index (κ2) is 7.64. The van der Waals surface area contributed by atoms with E-state index in [1.165, 1.54) is 0 Å².